The van der Waals surface area contributed by atoms with Crippen molar-refractivity contribution in [3.63, 3.8) is 0 Å². The zero-order chi connectivity index (χ0) is 24.1. The van der Waals surface area contributed by atoms with Crippen LogP contribution in [-0.4, -0.2) is 43.0 Å². The molecule has 34 heavy (non-hydrogen) atoms. The van der Waals surface area contributed by atoms with Crippen molar-refractivity contribution in [3.8, 4) is 28.4 Å². The molecule has 1 N–H and O–H groups in total. The van der Waals surface area contributed by atoms with E-state index in [0.29, 0.717) is 39.6 Å². The van der Waals surface area contributed by atoms with Crippen LogP contribution in [0.4, 0.5) is 5.69 Å². The summed E-state index contributed by atoms with van der Waals surface area (Å²) in [7, 11) is 4.42. The Morgan fingerprint density at radius 3 is 2.38 bits per heavy atom. The van der Waals surface area contributed by atoms with Crippen LogP contribution in [0.5, 0.6) is 11.5 Å². The Morgan fingerprint density at radius 2 is 1.68 bits per heavy atom. The number of esters is 1. The van der Waals surface area contributed by atoms with Gasteiger partial charge in [-0.25, -0.2) is 9.48 Å². The van der Waals surface area contributed by atoms with Crippen LogP contribution in [0.3, 0.4) is 0 Å². The van der Waals surface area contributed by atoms with E-state index in [1.807, 2.05) is 30.3 Å². The molecule has 0 unspecified atom stereocenters. The Hall–Kier alpha value is -4.59. The van der Waals surface area contributed by atoms with Crippen molar-refractivity contribution in [1.82, 2.24) is 9.78 Å². The highest BCUT2D eigenvalue weighted by atomic mass is 16.5. The summed E-state index contributed by atoms with van der Waals surface area (Å²) in [6, 6.07) is 21.3. The van der Waals surface area contributed by atoms with Crippen LogP contribution < -0.4 is 14.8 Å². The highest BCUT2D eigenvalue weighted by molar-refractivity contribution is 6.09. The lowest BCUT2D eigenvalue weighted by atomic mass is 10.1. The van der Waals surface area contributed by atoms with Gasteiger partial charge in [0.05, 0.1) is 38.1 Å². The number of nitrogens with zero attached hydrogens (tertiary/aromatic N) is 2. The van der Waals surface area contributed by atoms with Gasteiger partial charge < -0.3 is 19.5 Å². The number of methoxy groups -OCH3 is 3. The standard InChI is InChI=1S/C26H23N3O5/c1-32-20-12-13-23(33-2)21(15-20)24-22(16-29(28-24)19-10-5-4-6-11-19)25(30)27-18-9-7-8-17(14-18)26(31)34-3/h4-16H,1-3H3,(H,27,30). The van der Waals surface area contributed by atoms with Gasteiger partial charge in [0.25, 0.3) is 5.91 Å². The van der Waals surface area contributed by atoms with Crippen LogP contribution in [0.2, 0.25) is 0 Å². The Bertz CT molecular complexity index is 1330. The second-order valence-electron chi connectivity index (χ2n) is 7.26. The molecule has 0 fully saturated rings. The van der Waals surface area contributed by atoms with Crippen molar-refractivity contribution in [3.05, 3.63) is 90.1 Å². The fourth-order valence-electron chi connectivity index (χ4n) is 3.49. The second-order valence-corrected chi connectivity index (χ2v) is 7.26. The monoisotopic (exact) mass is 457 g/mol. The normalized spacial score (nSPS) is 10.4. The van der Waals surface area contributed by atoms with Crippen molar-refractivity contribution in [2.75, 3.05) is 26.6 Å². The van der Waals surface area contributed by atoms with Crippen LogP contribution >= 0.6 is 0 Å². The number of anilines is 1. The Balaban J connectivity index is 1.80. The molecule has 0 bridgehead atoms. The van der Waals surface area contributed by atoms with E-state index in [-0.39, 0.29) is 0 Å². The topological polar surface area (TPSA) is 91.7 Å². The molecule has 8 heteroatoms. The van der Waals surface area contributed by atoms with E-state index in [4.69, 9.17) is 19.3 Å². The Kier molecular flexibility index (Phi) is 6.59. The largest absolute Gasteiger partial charge is 0.497 e. The molecule has 0 aliphatic rings. The number of aromatic nitrogens is 2. The maximum absolute atomic E-state index is 13.4. The zero-order valence-corrected chi connectivity index (χ0v) is 18.9. The van der Waals surface area contributed by atoms with Crippen LogP contribution in [0.25, 0.3) is 16.9 Å². The molecular formula is C26H23N3O5. The molecule has 0 spiro atoms. The molecule has 0 atom stereocenters. The number of carbonyl (C=O) groups is 2. The molecular weight excluding hydrogens is 434 g/mol. The number of amides is 1. The summed E-state index contributed by atoms with van der Waals surface area (Å²) in [5.74, 6) is 0.252. The summed E-state index contributed by atoms with van der Waals surface area (Å²) in [6.07, 6.45) is 1.66. The van der Waals surface area contributed by atoms with Crippen LogP contribution in [0.1, 0.15) is 20.7 Å². The van der Waals surface area contributed by atoms with Crippen molar-refractivity contribution >= 4 is 17.6 Å². The minimum Gasteiger partial charge on any atom is -0.497 e. The van der Waals surface area contributed by atoms with Gasteiger partial charge in [-0.15, -0.1) is 0 Å². The third-order valence-electron chi connectivity index (χ3n) is 5.18. The lowest BCUT2D eigenvalue weighted by Crippen LogP contribution is -2.13. The summed E-state index contributed by atoms with van der Waals surface area (Å²) in [4.78, 5) is 25.3. The van der Waals surface area contributed by atoms with E-state index in [9.17, 15) is 9.59 Å². The van der Waals surface area contributed by atoms with Crippen molar-refractivity contribution in [1.29, 1.82) is 0 Å². The van der Waals surface area contributed by atoms with Gasteiger partial charge in [-0.05, 0) is 48.5 Å². The first-order valence-electron chi connectivity index (χ1n) is 10.4. The molecule has 0 saturated carbocycles. The number of hydrogen-bond donors (Lipinski definition) is 1. The molecule has 1 aromatic heterocycles. The minimum atomic E-state index is -0.491. The number of nitrogens with one attached hydrogen (secondary N) is 1. The first-order chi connectivity index (χ1) is 16.5. The molecule has 0 aliphatic carbocycles. The maximum Gasteiger partial charge on any atom is 0.337 e. The number of hydrogen-bond acceptors (Lipinski definition) is 6. The van der Waals surface area contributed by atoms with Gasteiger partial charge in [0.2, 0.25) is 0 Å². The molecule has 0 saturated heterocycles. The molecule has 4 aromatic rings. The Morgan fingerprint density at radius 1 is 0.882 bits per heavy atom. The number of ether oxygens (including phenoxy) is 3. The second kappa shape index (κ2) is 9.91. The van der Waals surface area contributed by atoms with Gasteiger partial charge in [0.1, 0.15) is 17.2 Å². The fourth-order valence-corrected chi connectivity index (χ4v) is 3.49. The molecule has 4 rings (SSSR count). The van der Waals surface area contributed by atoms with E-state index in [1.165, 1.54) is 7.11 Å². The van der Waals surface area contributed by atoms with E-state index in [2.05, 4.69) is 5.32 Å². The molecule has 8 nitrogen and oxygen atoms in total. The number of rotatable bonds is 7. The van der Waals surface area contributed by atoms with E-state index < -0.39 is 11.9 Å². The number of carbonyl (C=O) groups excluding carboxylic acids is 2. The summed E-state index contributed by atoms with van der Waals surface area (Å²) in [6.45, 7) is 0. The van der Waals surface area contributed by atoms with Gasteiger partial charge in [0.15, 0.2) is 0 Å². The van der Waals surface area contributed by atoms with Gasteiger partial charge in [-0.2, -0.15) is 5.10 Å². The average molecular weight is 457 g/mol. The number of benzene rings is 3. The summed E-state index contributed by atoms with van der Waals surface area (Å²) in [5.41, 5.74) is 2.90. The molecule has 1 heterocycles. The van der Waals surface area contributed by atoms with E-state index >= 15 is 0 Å². The van der Waals surface area contributed by atoms with Gasteiger partial charge in [-0.3, -0.25) is 4.79 Å². The predicted octanol–water partition coefficient (Wildman–Crippen LogP) is 4.60. The van der Waals surface area contributed by atoms with Crippen molar-refractivity contribution < 1.29 is 23.8 Å². The summed E-state index contributed by atoms with van der Waals surface area (Å²) < 4.78 is 17.3. The minimum absolute atomic E-state index is 0.318. The fraction of sp³-hybridized carbons (Fsp3) is 0.115. The first-order valence-corrected chi connectivity index (χ1v) is 10.4. The Labute approximate surface area is 196 Å². The summed E-state index contributed by atoms with van der Waals surface area (Å²) >= 11 is 0. The summed E-state index contributed by atoms with van der Waals surface area (Å²) in [5, 5.41) is 7.55. The zero-order valence-electron chi connectivity index (χ0n) is 18.9. The number of para-hydroxylation sites is 1. The smallest absolute Gasteiger partial charge is 0.337 e. The van der Waals surface area contributed by atoms with Gasteiger partial charge in [0, 0.05) is 17.4 Å². The lowest BCUT2D eigenvalue weighted by Gasteiger charge is -2.11. The van der Waals surface area contributed by atoms with Gasteiger partial charge >= 0.3 is 5.97 Å². The third-order valence-corrected chi connectivity index (χ3v) is 5.18. The highest BCUT2D eigenvalue weighted by Gasteiger charge is 2.22. The SMILES string of the molecule is COC(=O)c1cccc(NC(=O)c2cn(-c3ccccc3)nc2-c2cc(OC)ccc2OC)c1. The lowest BCUT2D eigenvalue weighted by molar-refractivity contribution is 0.0600. The maximum atomic E-state index is 13.4. The van der Waals surface area contributed by atoms with Crippen molar-refractivity contribution in [2.24, 2.45) is 0 Å². The van der Waals surface area contributed by atoms with Crippen LogP contribution in [0, 0.1) is 0 Å². The van der Waals surface area contributed by atoms with Crippen LogP contribution in [-0.2, 0) is 4.74 Å². The van der Waals surface area contributed by atoms with E-state index in [1.54, 1.807) is 67.6 Å². The first kappa shape index (κ1) is 22.6. The quantitative estimate of drug-likeness (QED) is 0.408. The molecule has 1 amide bonds. The molecule has 172 valence electrons. The average Bonchev–Trinajstić information content (AvgIpc) is 3.34. The third kappa shape index (κ3) is 4.61. The van der Waals surface area contributed by atoms with Gasteiger partial charge in [-0.1, -0.05) is 24.3 Å². The van der Waals surface area contributed by atoms with Crippen molar-refractivity contribution in [2.45, 2.75) is 0 Å². The van der Waals surface area contributed by atoms with E-state index in [0.717, 1.165) is 5.69 Å². The highest BCUT2D eigenvalue weighted by Crippen LogP contribution is 2.35. The van der Waals surface area contributed by atoms with Crippen LogP contribution in [0.15, 0.2) is 79.0 Å². The molecule has 0 radical (unpaired) electrons. The predicted molar refractivity (Wildman–Crippen MR) is 128 cm³/mol. The molecule has 0 aliphatic heterocycles. The molecule has 3 aromatic carbocycles.